The Morgan fingerprint density at radius 3 is 1.46 bits per heavy atom. The minimum atomic E-state index is -0.384. The monoisotopic (exact) mass is 389 g/mol. The molecular weight excluding hydrogens is 346 g/mol. The Morgan fingerprint density at radius 2 is 1.11 bits per heavy atom. The molecule has 0 aromatic heterocycles. The lowest BCUT2D eigenvalue weighted by Gasteiger charge is -2.26. The lowest BCUT2D eigenvalue weighted by molar-refractivity contribution is -0.124. The van der Waals surface area contributed by atoms with Crippen molar-refractivity contribution in [2.75, 3.05) is 29.0 Å². The van der Waals surface area contributed by atoms with Crippen molar-refractivity contribution in [3.63, 3.8) is 0 Å². The molecule has 0 aliphatic rings. The van der Waals surface area contributed by atoms with E-state index in [0.717, 1.165) is 49.4 Å². The minimum Gasteiger partial charge on any atom is -0.384 e. The van der Waals surface area contributed by atoms with E-state index in [2.05, 4.69) is 63.6 Å². The number of carbonyl (C=O) groups is 1. The summed E-state index contributed by atoms with van der Waals surface area (Å²) in [6.45, 7) is 21.3. The fraction of sp³-hybridized carbons (Fsp3) is 0.708. The Kier molecular flexibility index (Phi) is 8.40. The molecule has 4 heteroatoms. The minimum absolute atomic E-state index is 0.0564. The fourth-order valence-corrected chi connectivity index (χ4v) is 2.30. The van der Waals surface area contributed by atoms with Gasteiger partial charge in [0.1, 0.15) is 0 Å². The maximum Gasteiger partial charge on any atom is 0.230 e. The molecule has 3 N–H and O–H groups in total. The summed E-state index contributed by atoms with van der Waals surface area (Å²) in [7, 11) is 0. The molecule has 4 nitrogen and oxygen atoms in total. The van der Waals surface area contributed by atoms with Crippen LogP contribution in [0, 0.1) is 16.2 Å². The molecule has 0 radical (unpaired) electrons. The topological polar surface area (TPSA) is 53.2 Å². The molecular formula is C24H43N3O. The average Bonchev–Trinajstić information content (AvgIpc) is 2.65. The van der Waals surface area contributed by atoms with Crippen molar-refractivity contribution in [3.05, 3.63) is 18.2 Å². The van der Waals surface area contributed by atoms with Crippen LogP contribution in [0.5, 0.6) is 0 Å². The van der Waals surface area contributed by atoms with Gasteiger partial charge < -0.3 is 16.0 Å². The van der Waals surface area contributed by atoms with Gasteiger partial charge in [0.15, 0.2) is 0 Å². The van der Waals surface area contributed by atoms with Crippen LogP contribution in [0.15, 0.2) is 18.2 Å². The molecule has 0 aliphatic carbocycles. The molecule has 0 bridgehead atoms. The quantitative estimate of drug-likeness (QED) is 0.392. The number of benzene rings is 1. The Morgan fingerprint density at radius 1 is 0.714 bits per heavy atom. The van der Waals surface area contributed by atoms with Gasteiger partial charge in [-0.15, -0.1) is 0 Å². The van der Waals surface area contributed by atoms with Crippen LogP contribution in [-0.4, -0.2) is 19.0 Å². The summed E-state index contributed by atoms with van der Waals surface area (Å²) in [6.07, 6.45) is 3.02. The predicted octanol–water partition coefficient (Wildman–Crippen LogP) is 6.76. The molecule has 0 saturated carbocycles. The van der Waals surface area contributed by atoms with Crippen LogP contribution in [0.3, 0.4) is 0 Å². The number of anilines is 3. The summed E-state index contributed by atoms with van der Waals surface area (Å²) in [5.41, 5.74) is 2.96. The molecule has 160 valence electrons. The van der Waals surface area contributed by atoms with E-state index in [4.69, 9.17) is 0 Å². The van der Waals surface area contributed by atoms with Crippen molar-refractivity contribution < 1.29 is 4.79 Å². The first-order valence-electron chi connectivity index (χ1n) is 10.8. The van der Waals surface area contributed by atoms with Crippen molar-refractivity contribution >= 4 is 23.0 Å². The second kappa shape index (κ2) is 9.67. The van der Waals surface area contributed by atoms with Gasteiger partial charge in [-0.05, 0) is 48.3 Å². The summed E-state index contributed by atoms with van der Waals surface area (Å²) >= 11 is 0. The van der Waals surface area contributed by atoms with Crippen LogP contribution >= 0.6 is 0 Å². The van der Waals surface area contributed by atoms with Crippen molar-refractivity contribution in [3.8, 4) is 0 Å². The van der Waals surface area contributed by atoms with Gasteiger partial charge in [-0.3, -0.25) is 4.79 Å². The Bertz CT molecular complexity index is 609. The number of amides is 1. The van der Waals surface area contributed by atoms with Crippen LogP contribution in [0.25, 0.3) is 0 Å². The first-order valence-corrected chi connectivity index (χ1v) is 10.8. The summed E-state index contributed by atoms with van der Waals surface area (Å²) < 4.78 is 0. The molecule has 1 aromatic rings. The Labute approximate surface area is 173 Å². The molecule has 1 rings (SSSR count). The van der Waals surface area contributed by atoms with Crippen LogP contribution in [0.1, 0.15) is 81.6 Å². The molecule has 1 aromatic carbocycles. The van der Waals surface area contributed by atoms with Crippen molar-refractivity contribution in [2.45, 2.75) is 81.6 Å². The van der Waals surface area contributed by atoms with Crippen molar-refractivity contribution in [1.29, 1.82) is 0 Å². The molecule has 28 heavy (non-hydrogen) atoms. The molecule has 1 amide bonds. The van der Waals surface area contributed by atoms with Crippen LogP contribution in [-0.2, 0) is 4.79 Å². The summed E-state index contributed by atoms with van der Waals surface area (Å²) in [5.74, 6) is 0.0564. The van der Waals surface area contributed by atoms with E-state index in [0.29, 0.717) is 0 Å². The van der Waals surface area contributed by atoms with Gasteiger partial charge in [-0.25, -0.2) is 0 Å². The predicted molar refractivity (Wildman–Crippen MR) is 124 cm³/mol. The molecule has 0 heterocycles. The highest BCUT2D eigenvalue weighted by molar-refractivity contribution is 5.95. The third-order valence-corrected chi connectivity index (χ3v) is 6.15. The largest absolute Gasteiger partial charge is 0.384 e. The van der Waals surface area contributed by atoms with E-state index in [1.165, 1.54) is 0 Å². The van der Waals surface area contributed by atoms with Gasteiger partial charge in [0.2, 0.25) is 5.91 Å². The van der Waals surface area contributed by atoms with Gasteiger partial charge in [0, 0.05) is 35.6 Å². The highest BCUT2D eigenvalue weighted by Crippen LogP contribution is 2.29. The zero-order chi connectivity index (χ0) is 21.6. The number of rotatable bonds is 11. The van der Waals surface area contributed by atoms with E-state index in [9.17, 15) is 4.79 Å². The second-order valence-corrected chi connectivity index (χ2v) is 10.2. The van der Waals surface area contributed by atoms with Gasteiger partial charge in [0.05, 0.1) is 0 Å². The van der Waals surface area contributed by atoms with Gasteiger partial charge >= 0.3 is 0 Å². The summed E-state index contributed by atoms with van der Waals surface area (Å²) in [4.78, 5) is 12.7. The average molecular weight is 390 g/mol. The van der Waals surface area contributed by atoms with Crippen molar-refractivity contribution in [1.82, 2.24) is 0 Å². The first kappa shape index (κ1) is 24.3. The second-order valence-electron chi connectivity index (χ2n) is 10.2. The van der Waals surface area contributed by atoms with Gasteiger partial charge in [-0.1, -0.05) is 62.3 Å². The van der Waals surface area contributed by atoms with E-state index < -0.39 is 0 Å². The Hall–Kier alpha value is -1.71. The van der Waals surface area contributed by atoms with E-state index in [1.807, 2.05) is 32.9 Å². The van der Waals surface area contributed by atoms with E-state index in [1.54, 1.807) is 0 Å². The van der Waals surface area contributed by atoms with Gasteiger partial charge in [-0.2, -0.15) is 0 Å². The van der Waals surface area contributed by atoms with E-state index >= 15 is 0 Å². The molecule has 0 saturated heterocycles. The van der Waals surface area contributed by atoms with Crippen LogP contribution < -0.4 is 16.0 Å². The smallest absolute Gasteiger partial charge is 0.230 e. The molecule has 0 atom stereocenters. The highest BCUT2D eigenvalue weighted by atomic mass is 16.2. The Balaban J connectivity index is 3.07. The molecule has 0 fully saturated rings. The third-order valence-electron chi connectivity index (χ3n) is 6.15. The van der Waals surface area contributed by atoms with Crippen LogP contribution in [0.4, 0.5) is 17.1 Å². The molecule has 0 spiro atoms. The maximum absolute atomic E-state index is 12.7. The van der Waals surface area contributed by atoms with Crippen molar-refractivity contribution in [2.24, 2.45) is 16.2 Å². The SMILES string of the molecule is CCC(C)(C)CNc1cc(NCC(C)(C)CC)cc(NC(=O)C(C)(C)CC)c1. The summed E-state index contributed by atoms with van der Waals surface area (Å²) in [6, 6.07) is 6.20. The van der Waals surface area contributed by atoms with E-state index in [-0.39, 0.29) is 22.2 Å². The number of carbonyl (C=O) groups excluding carboxylic acids is 1. The van der Waals surface area contributed by atoms with Gasteiger partial charge in [0.25, 0.3) is 0 Å². The lowest BCUT2D eigenvalue weighted by atomic mass is 9.89. The first-order chi connectivity index (χ1) is 12.8. The normalized spacial score (nSPS) is 12.6. The zero-order valence-corrected chi connectivity index (χ0v) is 19.7. The fourth-order valence-electron chi connectivity index (χ4n) is 2.30. The number of hydrogen-bond donors (Lipinski definition) is 3. The molecule has 0 unspecified atom stereocenters. The molecule has 0 aliphatic heterocycles. The third kappa shape index (κ3) is 7.73. The highest BCUT2D eigenvalue weighted by Gasteiger charge is 2.25. The maximum atomic E-state index is 12.7. The number of hydrogen-bond acceptors (Lipinski definition) is 3. The number of nitrogens with one attached hydrogen (secondary N) is 3. The standard InChI is InChI=1S/C24H43N3O/c1-10-22(4,5)16-25-18-13-19(26-17-23(6,7)11-2)15-20(14-18)27-21(28)24(8,9)12-3/h13-15,25-26H,10-12,16-17H2,1-9H3,(H,27,28). The lowest BCUT2D eigenvalue weighted by Crippen LogP contribution is -2.30. The zero-order valence-electron chi connectivity index (χ0n) is 19.7. The van der Waals surface area contributed by atoms with Crippen LogP contribution in [0.2, 0.25) is 0 Å². The summed E-state index contributed by atoms with van der Waals surface area (Å²) in [5, 5.41) is 10.2.